The number of hydrogen-bond donors (Lipinski definition) is 0. The van der Waals surface area contributed by atoms with E-state index in [-0.39, 0.29) is 18.0 Å². The van der Waals surface area contributed by atoms with E-state index in [2.05, 4.69) is 4.74 Å². The smallest absolute Gasteiger partial charge is 0.337 e. The van der Waals surface area contributed by atoms with Crippen LogP contribution in [0, 0.1) is 0 Å². The zero-order chi connectivity index (χ0) is 15.9. The number of nitrogens with zero attached hydrogens (tertiary/aromatic N) is 1. The van der Waals surface area contributed by atoms with E-state index in [0.717, 1.165) is 31.5 Å². The summed E-state index contributed by atoms with van der Waals surface area (Å²) in [7, 11) is 3.06. The van der Waals surface area contributed by atoms with Crippen molar-refractivity contribution in [2.75, 3.05) is 27.3 Å². The molecule has 1 fully saturated rings. The molecule has 5 nitrogen and oxygen atoms in total. The summed E-state index contributed by atoms with van der Waals surface area (Å²) in [6.45, 7) is 1.45. The predicted octanol–water partition coefficient (Wildman–Crippen LogP) is 2.12. The van der Waals surface area contributed by atoms with E-state index >= 15 is 0 Å². The van der Waals surface area contributed by atoms with Crippen LogP contribution in [0.5, 0.6) is 0 Å². The predicted molar refractivity (Wildman–Crippen MR) is 83.4 cm³/mol. The van der Waals surface area contributed by atoms with Crippen molar-refractivity contribution >= 4 is 18.0 Å². The van der Waals surface area contributed by atoms with Gasteiger partial charge in [-0.25, -0.2) is 4.79 Å². The number of carbonyl (C=O) groups excluding carboxylic acids is 2. The van der Waals surface area contributed by atoms with Gasteiger partial charge in [-0.05, 0) is 36.6 Å². The number of piperidine rings is 1. The minimum atomic E-state index is -0.368. The highest BCUT2D eigenvalue weighted by atomic mass is 16.5. The summed E-state index contributed by atoms with van der Waals surface area (Å²) >= 11 is 0. The van der Waals surface area contributed by atoms with Gasteiger partial charge in [0, 0.05) is 26.3 Å². The fraction of sp³-hybridized carbons (Fsp3) is 0.412. The first-order valence-electron chi connectivity index (χ1n) is 7.32. The van der Waals surface area contributed by atoms with Crippen molar-refractivity contribution in [1.82, 2.24) is 4.90 Å². The van der Waals surface area contributed by atoms with Gasteiger partial charge in [0.15, 0.2) is 0 Å². The van der Waals surface area contributed by atoms with Gasteiger partial charge in [0.05, 0.1) is 18.8 Å². The molecule has 1 saturated heterocycles. The van der Waals surface area contributed by atoms with Gasteiger partial charge in [-0.1, -0.05) is 12.1 Å². The van der Waals surface area contributed by atoms with Gasteiger partial charge in [0.1, 0.15) is 0 Å². The van der Waals surface area contributed by atoms with E-state index in [1.807, 2.05) is 4.90 Å². The molecule has 0 spiro atoms. The zero-order valence-electron chi connectivity index (χ0n) is 13.0. The maximum absolute atomic E-state index is 12.1. The first kappa shape index (κ1) is 16.2. The Bertz CT molecular complexity index is 542. The van der Waals surface area contributed by atoms with E-state index in [9.17, 15) is 9.59 Å². The number of likely N-dealkylation sites (tertiary alicyclic amines) is 1. The van der Waals surface area contributed by atoms with Crippen LogP contribution < -0.4 is 0 Å². The van der Waals surface area contributed by atoms with E-state index < -0.39 is 0 Å². The number of amides is 1. The minimum Gasteiger partial charge on any atom is -0.465 e. The molecule has 2 rings (SSSR count). The third kappa shape index (κ3) is 4.18. The quantitative estimate of drug-likeness (QED) is 0.631. The second-order valence-electron chi connectivity index (χ2n) is 5.21. The number of rotatable bonds is 4. The van der Waals surface area contributed by atoms with Crippen molar-refractivity contribution in [2.45, 2.75) is 18.9 Å². The molecule has 1 aliphatic heterocycles. The number of esters is 1. The molecule has 0 atom stereocenters. The molecule has 1 aromatic carbocycles. The molecule has 0 N–H and O–H groups in total. The van der Waals surface area contributed by atoms with Gasteiger partial charge in [-0.2, -0.15) is 0 Å². The topological polar surface area (TPSA) is 55.8 Å². The van der Waals surface area contributed by atoms with Crippen LogP contribution in [0.25, 0.3) is 6.08 Å². The van der Waals surface area contributed by atoms with Crippen molar-refractivity contribution in [3.8, 4) is 0 Å². The van der Waals surface area contributed by atoms with Gasteiger partial charge >= 0.3 is 5.97 Å². The van der Waals surface area contributed by atoms with Crippen molar-refractivity contribution < 1.29 is 19.1 Å². The molecule has 0 unspecified atom stereocenters. The molecule has 1 amide bonds. The van der Waals surface area contributed by atoms with Crippen LogP contribution in [-0.4, -0.2) is 50.2 Å². The lowest BCUT2D eigenvalue weighted by Gasteiger charge is -2.30. The molecule has 0 saturated carbocycles. The number of ether oxygens (including phenoxy) is 2. The third-order valence-corrected chi connectivity index (χ3v) is 3.84. The maximum atomic E-state index is 12.1. The van der Waals surface area contributed by atoms with Gasteiger partial charge in [0.25, 0.3) is 0 Å². The molecule has 0 bridgehead atoms. The summed E-state index contributed by atoms with van der Waals surface area (Å²) in [5, 5.41) is 0. The summed E-state index contributed by atoms with van der Waals surface area (Å²) in [6, 6.07) is 6.93. The molecule has 22 heavy (non-hydrogen) atoms. The lowest BCUT2D eigenvalue weighted by molar-refractivity contribution is -0.128. The van der Waals surface area contributed by atoms with Gasteiger partial charge in [-0.15, -0.1) is 0 Å². The third-order valence-electron chi connectivity index (χ3n) is 3.84. The summed E-state index contributed by atoms with van der Waals surface area (Å²) in [4.78, 5) is 25.3. The number of hydrogen-bond acceptors (Lipinski definition) is 4. The molecule has 5 heteroatoms. The Morgan fingerprint density at radius 1 is 1.14 bits per heavy atom. The first-order chi connectivity index (χ1) is 10.6. The SMILES string of the molecule is COC(=O)c1ccc(/C=C/C(=O)N2CCC(OC)CC2)cc1. The largest absolute Gasteiger partial charge is 0.465 e. The normalized spacial score (nSPS) is 16.0. The molecule has 1 aliphatic rings. The highest BCUT2D eigenvalue weighted by Gasteiger charge is 2.20. The Kier molecular flexibility index (Phi) is 5.72. The van der Waals surface area contributed by atoms with E-state index in [1.54, 1.807) is 43.5 Å². The summed E-state index contributed by atoms with van der Waals surface area (Å²) < 4.78 is 9.94. The summed E-state index contributed by atoms with van der Waals surface area (Å²) in [5.74, 6) is -0.362. The first-order valence-corrected chi connectivity index (χ1v) is 7.32. The summed E-state index contributed by atoms with van der Waals surface area (Å²) in [6.07, 6.45) is 5.35. The lowest BCUT2D eigenvalue weighted by atomic mass is 10.1. The molecule has 0 aromatic heterocycles. The maximum Gasteiger partial charge on any atom is 0.337 e. The van der Waals surface area contributed by atoms with Crippen LogP contribution in [0.4, 0.5) is 0 Å². The molecular weight excluding hydrogens is 282 g/mol. The van der Waals surface area contributed by atoms with E-state index in [0.29, 0.717) is 5.56 Å². The van der Waals surface area contributed by atoms with Crippen LogP contribution in [-0.2, 0) is 14.3 Å². The number of methoxy groups -OCH3 is 2. The van der Waals surface area contributed by atoms with Crippen molar-refractivity contribution in [2.24, 2.45) is 0 Å². The summed E-state index contributed by atoms with van der Waals surface area (Å²) in [5.41, 5.74) is 1.36. The van der Waals surface area contributed by atoms with Crippen molar-refractivity contribution in [1.29, 1.82) is 0 Å². The molecule has 118 valence electrons. The molecular formula is C17H21NO4. The van der Waals surface area contributed by atoms with Gasteiger partial charge in [0.2, 0.25) is 5.91 Å². The number of carbonyl (C=O) groups is 2. The van der Waals surface area contributed by atoms with Crippen molar-refractivity contribution in [3.05, 3.63) is 41.5 Å². The minimum absolute atomic E-state index is 0.00611. The Balaban J connectivity index is 1.91. The highest BCUT2D eigenvalue weighted by molar-refractivity contribution is 5.92. The fourth-order valence-electron chi connectivity index (χ4n) is 2.43. The van der Waals surface area contributed by atoms with Crippen LogP contribution in [0.1, 0.15) is 28.8 Å². The lowest BCUT2D eigenvalue weighted by Crippen LogP contribution is -2.39. The van der Waals surface area contributed by atoms with E-state index in [4.69, 9.17) is 4.74 Å². The van der Waals surface area contributed by atoms with Crippen molar-refractivity contribution in [3.63, 3.8) is 0 Å². The van der Waals surface area contributed by atoms with Gasteiger partial charge in [-0.3, -0.25) is 4.79 Å². The Hall–Kier alpha value is -2.14. The van der Waals surface area contributed by atoms with Crippen LogP contribution in [0.2, 0.25) is 0 Å². The monoisotopic (exact) mass is 303 g/mol. The standard InChI is InChI=1S/C17H21NO4/c1-21-15-9-11-18(12-10-15)16(19)8-5-13-3-6-14(7-4-13)17(20)22-2/h3-8,15H,9-12H2,1-2H3/b8-5+. The molecule has 0 radical (unpaired) electrons. The fourth-order valence-corrected chi connectivity index (χ4v) is 2.43. The second kappa shape index (κ2) is 7.75. The van der Waals surface area contributed by atoms with Crippen LogP contribution in [0.3, 0.4) is 0 Å². The van der Waals surface area contributed by atoms with Gasteiger partial charge < -0.3 is 14.4 Å². The number of benzene rings is 1. The highest BCUT2D eigenvalue weighted by Crippen LogP contribution is 2.14. The Morgan fingerprint density at radius 2 is 1.77 bits per heavy atom. The Labute approximate surface area is 130 Å². The average Bonchev–Trinajstić information content (AvgIpc) is 2.59. The average molecular weight is 303 g/mol. The second-order valence-corrected chi connectivity index (χ2v) is 5.21. The molecule has 1 aromatic rings. The van der Waals surface area contributed by atoms with Crippen LogP contribution in [0.15, 0.2) is 30.3 Å². The molecule has 0 aliphatic carbocycles. The Morgan fingerprint density at radius 3 is 2.32 bits per heavy atom. The van der Waals surface area contributed by atoms with E-state index in [1.165, 1.54) is 7.11 Å². The van der Waals surface area contributed by atoms with Crippen LogP contribution >= 0.6 is 0 Å². The zero-order valence-corrected chi connectivity index (χ0v) is 13.0. The molecule has 1 heterocycles.